The van der Waals surface area contributed by atoms with Crippen molar-refractivity contribution in [2.24, 2.45) is 0 Å². The molecule has 0 aromatic heterocycles. The molecular weight excluding hydrogens is 272 g/mol. The van der Waals surface area contributed by atoms with Gasteiger partial charge in [-0.05, 0) is 18.2 Å². The normalized spacial score (nSPS) is 11.5. The first kappa shape index (κ1) is 16.6. The van der Waals surface area contributed by atoms with Gasteiger partial charge in [-0.3, -0.25) is 0 Å². The SMILES string of the molecule is C=CCN(CC=C)S(=O)(=O)Cc1cccc(CNC)c1. The highest BCUT2D eigenvalue weighted by Gasteiger charge is 2.20. The van der Waals surface area contributed by atoms with E-state index in [0.717, 1.165) is 17.7 Å². The van der Waals surface area contributed by atoms with E-state index in [9.17, 15) is 8.42 Å². The molecule has 1 N–H and O–H groups in total. The minimum Gasteiger partial charge on any atom is -0.316 e. The summed E-state index contributed by atoms with van der Waals surface area (Å²) in [6.45, 7) is 8.50. The predicted octanol–water partition coefficient (Wildman–Crippen LogP) is 1.91. The van der Waals surface area contributed by atoms with E-state index in [0.29, 0.717) is 13.1 Å². The zero-order valence-corrected chi connectivity index (χ0v) is 12.7. The molecule has 110 valence electrons. The van der Waals surface area contributed by atoms with Crippen molar-refractivity contribution in [2.75, 3.05) is 20.1 Å². The molecule has 0 saturated heterocycles. The smallest absolute Gasteiger partial charge is 0.218 e. The van der Waals surface area contributed by atoms with Crippen LogP contribution < -0.4 is 5.32 Å². The third-order valence-corrected chi connectivity index (χ3v) is 4.56. The Labute approximate surface area is 121 Å². The fourth-order valence-corrected chi connectivity index (χ4v) is 3.37. The maximum absolute atomic E-state index is 12.4. The number of benzene rings is 1. The fourth-order valence-electron chi connectivity index (χ4n) is 1.93. The molecule has 20 heavy (non-hydrogen) atoms. The molecule has 0 fully saturated rings. The quantitative estimate of drug-likeness (QED) is 0.708. The average molecular weight is 294 g/mol. The molecule has 0 aliphatic carbocycles. The van der Waals surface area contributed by atoms with Gasteiger partial charge in [0.2, 0.25) is 10.0 Å². The van der Waals surface area contributed by atoms with Crippen LogP contribution in [0.4, 0.5) is 0 Å². The predicted molar refractivity (Wildman–Crippen MR) is 83.8 cm³/mol. The van der Waals surface area contributed by atoms with E-state index in [-0.39, 0.29) is 5.75 Å². The molecule has 0 spiro atoms. The second kappa shape index (κ2) is 7.99. The number of hydrogen-bond donors (Lipinski definition) is 1. The number of rotatable bonds is 9. The average Bonchev–Trinajstić information content (AvgIpc) is 2.39. The van der Waals surface area contributed by atoms with Crippen LogP contribution in [0.2, 0.25) is 0 Å². The van der Waals surface area contributed by atoms with Crippen LogP contribution in [0.1, 0.15) is 11.1 Å². The van der Waals surface area contributed by atoms with Crippen LogP contribution in [0.5, 0.6) is 0 Å². The Morgan fingerprint density at radius 2 is 1.80 bits per heavy atom. The summed E-state index contributed by atoms with van der Waals surface area (Å²) in [6, 6.07) is 7.59. The minimum atomic E-state index is -3.36. The van der Waals surface area contributed by atoms with Crippen LogP contribution in [0.3, 0.4) is 0 Å². The molecule has 0 unspecified atom stereocenters. The summed E-state index contributed by atoms with van der Waals surface area (Å²) in [7, 11) is -1.50. The lowest BCUT2D eigenvalue weighted by Crippen LogP contribution is -2.32. The van der Waals surface area contributed by atoms with Crippen molar-refractivity contribution in [1.82, 2.24) is 9.62 Å². The van der Waals surface area contributed by atoms with E-state index in [2.05, 4.69) is 18.5 Å². The third kappa shape index (κ3) is 4.92. The van der Waals surface area contributed by atoms with Gasteiger partial charge in [-0.2, -0.15) is 4.31 Å². The van der Waals surface area contributed by atoms with Gasteiger partial charge < -0.3 is 5.32 Å². The van der Waals surface area contributed by atoms with E-state index in [1.54, 1.807) is 12.2 Å². The van der Waals surface area contributed by atoms with Gasteiger partial charge in [0.05, 0.1) is 5.75 Å². The molecule has 5 heteroatoms. The number of nitrogens with one attached hydrogen (secondary N) is 1. The van der Waals surface area contributed by atoms with Crippen LogP contribution >= 0.6 is 0 Å². The number of hydrogen-bond acceptors (Lipinski definition) is 3. The molecule has 0 bridgehead atoms. The van der Waals surface area contributed by atoms with Crippen LogP contribution in [0.15, 0.2) is 49.6 Å². The van der Waals surface area contributed by atoms with Crippen molar-refractivity contribution in [3.8, 4) is 0 Å². The Morgan fingerprint density at radius 1 is 1.20 bits per heavy atom. The minimum absolute atomic E-state index is 0.00770. The summed E-state index contributed by atoms with van der Waals surface area (Å²) in [5.41, 5.74) is 1.86. The topological polar surface area (TPSA) is 49.4 Å². The van der Waals surface area contributed by atoms with Crippen molar-refractivity contribution < 1.29 is 8.42 Å². The van der Waals surface area contributed by atoms with Crippen molar-refractivity contribution in [1.29, 1.82) is 0 Å². The summed E-state index contributed by atoms with van der Waals surface area (Å²) in [5, 5.41) is 3.05. The lowest BCUT2D eigenvalue weighted by Gasteiger charge is -2.19. The lowest BCUT2D eigenvalue weighted by atomic mass is 10.1. The van der Waals surface area contributed by atoms with E-state index >= 15 is 0 Å². The van der Waals surface area contributed by atoms with Gasteiger partial charge in [0, 0.05) is 19.6 Å². The van der Waals surface area contributed by atoms with Gasteiger partial charge in [-0.25, -0.2) is 8.42 Å². The molecule has 0 radical (unpaired) electrons. The lowest BCUT2D eigenvalue weighted by molar-refractivity contribution is 0.473. The van der Waals surface area contributed by atoms with E-state index in [4.69, 9.17) is 0 Å². The van der Waals surface area contributed by atoms with Gasteiger partial charge in [0.25, 0.3) is 0 Å². The standard InChI is InChI=1S/C15H22N2O2S/c1-4-9-17(10-5-2)20(18,19)13-15-8-6-7-14(11-15)12-16-3/h4-8,11,16H,1-2,9-10,12-13H2,3H3. The summed E-state index contributed by atoms with van der Waals surface area (Å²) < 4.78 is 26.1. The molecule has 1 aromatic rings. The fraction of sp³-hybridized carbons (Fsp3) is 0.333. The maximum Gasteiger partial charge on any atom is 0.218 e. The first-order chi connectivity index (χ1) is 9.53. The van der Waals surface area contributed by atoms with Crippen LogP contribution in [0.25, 0.3) is 0 Å². The maximum atomic E-state index is 12.4. The van der Waals surface area contributed by atoms with Crippen molar-refractivity contribution in [2.45, 2.75) is 12.3 Å². The highest BCUT2D eigenvalue weighted by molar-refractivity contribution is 7.88. The molecule has 0 heterocycles. The van der Waals surface area contributed by atoms with Gasteiger partial charge in [-0.1, -0.05) is 36.4 Å². The molecule has 1 aromatic carbocycles. The van der Waals surface area contributed by atoms with E-state index in [1.165, 1.54) is 4.31 Å². The molecular formula is C15H22N2O2S. The molecule has 0 aliphatic rings. The summed E-state index contributed by atoms with van der Waals surface area (Å²) in [5.74, 6) is -0.00770. The van der Waals surface area contributed by atoms with E-state index < -0.39 is 10.0 Å². The highest BCUT2D eigenvalue weighted by Crippen LogP contribution is 2.13. The van der Waals surface area contributed by atoms with Crippen LogP contribution in [0, 0.1) is 0 Å². The van der Waals surface area contributed by atoms with Gasteiger partial charge >= 0.3 is 0 Å². The van der Waals surface area contributed by atoms with Gasteiger partial charge in [0.1, 0.15) is 0 Å². The Hall–Kier alpha value is -1.43. The summed E-state index contributed by atoms with van der Waals surface area (Å²) in [4.78, 5) is 0. The highest BCUT2D eigenvalue weighted by atomic mass is 32.2. The zero-order valence-electron chi connectivity index (χ0n) is 11.9. The van der Waals surface area contributed by atoms with Crippen molar-refractivity contribution in [3.05, 3.63) is 60.7 Å². The summed E-state index contributed by atoms with van der Waals surface area (Å²) in [6.07, 6.45) is 3.16. The Bertz CT molecular complexity index is 543. The second-order valence-electron chi connectivity index (χ2n) is 4.50. The Kier molecular flexibility index (Phi) is 6.64. The Morgan fingerprint density at radius 3 is 2.35 bits per heavy atom. The van der Waals surface area contributed by atoms with Crippen molar-refractivity contribution in [3.63, 3.8) is 0 Å². The van der Waals surface area contributed by atoms with Crippen LogP contribution in [-0.4, -0.2) is 32.9 Å². The first-order valence-electron chi connectivity index (χ1n) is 6.45. The largest absolute Gasteiger partial charge is 0.316 e. The summed E-state index contributed by atoms with van der Waals surface area (Å²) >= 11 is 0. The van der Waals surface area contributed by atoms with Gasteiger partial charge in [-0.15, -0.1) is 13.2 Å². The molecule has 0 atom stereocenters. The Balaban J connectivity index is 2.90. The van der Waals surface area contributed by atoms with E-state index in [1.807, 2.05) is 31.3 Å². The number of nitrogens with zero attached hydrogens (tertiary/aromatic N) is 1. The molecule has 4 nitrogen and oxygen atoms in total. The molecule has 0 saturated carbocycles. The molecule has 0 amide bonds. The van der Waals surface area contributed by atoms with Crippen LogP contribution in [-0.2, 0) is 22.3 Å². The third-order valence-electron chi connectivity index (χ3n) is 2.78. The monoisotopic (exact) mass is 294 g/mol. The molecule has 0 aliphatic heterocycles. The van der Waals surface area contributed by atoms with Crippen molar-refractivity contribution >= 4 is 10.0 Å². The zero-order chi connectivity index (χ0) is 15.0. The number of sulfonamides is 1. The molecule has 1 rings (SSSR count). The van der Waals surface area contributed by atoms with Gasteiger partial charge in [0.15, 0.2) is 0 Å². The second-order valence-corrected chi connectivity index (χ2v) is 6.47. The first-order valence-corrected chi connectivity index (χ1v) is 8.06.